The van der Waals surface area contributed by atoms with Crippen molar-refractivity contribution in [3.63, 3.8) is 0 Å². The molecule has 2 saturated heterocycles. The Morgan fingerprint density at radius 1 is 1.45 bits per heavy atom. The van der Waals surface area contributed by atoms with Crippen LogP contribution >= 0.6 is 0 Å². The predicted octanol–water partition coefficient (Wildman–Crippen LogP) is 2.19. The lowest BCUT2D eigenvalue weighted by atomic mass is 9.88. The molecule has 1 unspecified atom stereocenters. The summed E-state index contributed by atoms with van der Waals surface area (Å²) in [4.78, 5) is 18.6. The molecule has 0 bridgehead atoms. The molecule has 5 heteroatoms. The van der Waals surface area contributed by atoms with E-state index in [0.717, 1.165) is 44.5 Å². The second kappa shape index (κ2) is 6.34. The molecule has 1 spiro atoms. The van der Waals surface area contributed by atoms with Crippen LogP contribution in [-0.2, 0) is 9.47 Å². The zero-order chi connectivity index (χ0) is 15.6. The topological polar surface area (TPSA) is 51.7 Å². The number of ether oxygens (including phenoxy) is 2. The molecule has 1 aromatic heterocycles. The van der Waals surface area contributed by atoms with Gasteiger partial charge in [0.25, 0.3) is 5.91 Å². The number of likely N-dealkylation sites (tertiary alicyclic amines) is 1. The molecule has 0 saturated carbocycles. The number of piperidine rings is 1. The molecule has 1 amide bonds. The van der Waals surface area contributed by atoms with Crippen LogP contribution < -0.4 is 0 Å². The lowest BCUT2D eigenvalue weighted by Crippen LogP contribution is -2.46. The summed E-state index contributed by atoms with van der Waals surface area (Å²) >= 11 is 0. The van der Waals surface area contributed by atoms with E-state index in [1.807, 2.05) is 24.8 Å². The SMILES string of the molecule is CCOC1COC2(CCN(C(=O)c3ccc(C)cn3)CC2)C1. The number of carbonyl (C=O) groups is 1. The van der Waals surface area contributed by atoms with E-state index in [1.165, 1.54) is 0 Å². The summed E-state index contributed by atoms with van der Waals surface area (Å²) < 4.78 is 11.7. The van der Waals surface area contributed by atoms with E-state index in [1.54, 1.807) is 12.3 Å². The molecule has 0 N–H and O–H groups in total. The fraction of sp³-hybridized carbons (Fsp3) is 0.647. The molecule has 2 fully saturated rings. The van der Waals surface area contributed by atoms with Gasteiger partial charge in [-0.3, -0.25) is 9.78 Å². The minimum atomic E-state index is -0.0860. The number of aromatic nitrogens is 1. The van der Waals surface area contributed by atoms with Gasteiger partial charge >= 0.3 is 0 Å². The molecule has 2 aliphatic heterocycles. The van der Waals surface area contributed by atoms with E-state index >= 15 is 0 Å². The maximum atomic E-state index is 12.5. The molecule has 2 aliphatic rings. The monoisotopic (exact) mass is 304 g/mol. The molecule has 1 aromatic rings. The highest BCUT2D eigenvalue weighted by Crippen LogP contribution is 2.37. The molecule has 22 heavy (non-hydrogen) atoms. The van der Waals surface area contributed by atoms with Crippen molar-refractivity contribution in [2.75, 3.05) is 26.3 Å². The molecule has 0 radical (unpaired) electrons. The maximum Gasteiger partial charge on any atom is 0.272 e. The Bertz CT molecular complexity index is 521. The van der Waals surface area contributed by atoms with Crippen LogP contribution in [0.15, 0.2) is 18.3 Å². The minimum absolute atomic E-state index is 0.0224. The number of rotatable bonds is 3. The molecule has 3 rings (SSSR count). The number of nitrogens with zero attached hydrogens (tertiary/aromatic N) is 2. The van der Waals surface area contributed by atoms with E-state index in [9.17, 15) is 4.79 Å². The van der Waals surface area contributed by atoms with Gasteiger partial charge in [-0.2, -0.15) is 0 Å². The summed E-state index contributed by atoms with van der Waals surface area (Å²) in [5.41, 5.74) is 1.51. The molecule has 1 atom stereocenters. The van der Waals surface area contributed by atoms with Crippen molar-refractivity contribution >= 4 is 5.91 Å². The number of carbonyl (C=O) groups excluding carboxylic acids is 1. The summed E-state index contributed by atoms with van der Waals surface area (Å²) in [6.45, 7) is 6.86. The highest BCUT2D eigenvalue weighted by atomic mass is 16.6. The summed E-state index contributed by atoms with van der Waals surface area (Å²) in [7, 11) is 0. The van der Waals surface area contributed by atoms with Crippen molar-refractivity contribution in [1.29, 1.82) is 0 Å². The van der Waals surface area contributed by atoms with E-state index in [-0.39, 0.29) is 17.6 Å². The fourth-order valence-corrected chi connectivity index (χ4v) is 3.37. The highest BCUT2D eigenvalue weighted by molar-refractivity contribution is 5.92. The Morgan fingerprint density at radius 3 is 2.86 bits per heavy atom. The minimum Gasteiger partial charge on any atom is -0.376 e. The predicted molar refractivity (Wildman–Crippen MR) is 82.8 cm³/mol. The van der Waals surface area contributed by atoms with E-state index in [2.05, 4.69) is 4.98 Å². The summed E-state index contributed by atoms with van der Waals surface area (Å²) in [6, 6.07) is 3.73. The number of hydrogen-bond donors (Lipinski definition) is 0. The van der Waals surface area contributed by atoms with Crippen molar-refractivity contribution in [3.8, 4) is 0 Å². The molecule has 0 aromatic carbocycles. The van der Waals surface area contributed by atoms with Gasteiger partial charge in [0, 0.05) is 32.3 Å². The Labute approximate surface area is 131 Å². The van der Waals surface area contributed by atoms with Crippen LogP contribution in [0.3, 0.4) is 0 Å². The third kappa shape index (κ3) is 3.15. The third-order valence-electron chi connectivity index (χ3n) is 4.67. The van der Waals surface area contributed by atoms with Gasteiger partial charge in [0.05, 0.1) is 18.3 Å². The quantitative estimate of drug-likeness (QED) is 0.859. The largest absolute Gasteiger partial charge is 0.376 e. The van der Waals surface area contributed by atoms with Crippen LogP contribution in [0.25, 0.3) is 0 Å². The average molecular weight is 304 g/mol. The molecule has 0 aliphatic carbocycles. The summed E-state index contributed by atoms with van der Waals surface area (Å²) in [6.07, 6.45) is 4.67. The van der Waals surface area contributed by atoms with Crippen molar-refractivity contribution in [2.45, 2.75) is 44.8 Å². The van der Waals surface area contributed by atoms with Gasteiger partial charge in [0.2, 0.25) is 0 Å². The normalized spacial score (nSPS) is 23.9. The molecular formula is C17H24N2O3. The zero-order valence-electron chi connectivity index (χ0n) is 13.4. The van der Waals surface area contributed by atoms with Crippen LogP contribution in [-0.4, -0.2) is 53.8 Å². The van der Waals surface area contributed by atoms with Crippen LogP contribution in [0.4, 0.5) is 0 Å². The maximum absolute atomic E-state index is 12.5. The Hall–Kier alpha value is -1.46. The lowest BCUT2D eigenvalue weighted by Gasteiger charge is -2.38. The number of amides is 1. The van der Waals surface area contributed by atoms with Gasteiger partial charge in [-0.05, 0) is 38.3 Å². The molecule has 5 nitrogen and oxygen atoms in total. The van der Waals surface area contributed by atoms with Gasteiger partial charge in [-0.1, -0.05) is 6.07 Å². The second-order valence-electron chi connectivity index (χ2n) is 6.29. The van der Waals surface area contributed by atoms with E-state index < -0.39 is 0 Å². The summed E-state index contributed by atoms with van der Waals surface area (Å²) in [5.74, 6) is 0.0224. The Morgan fingerprint density at radius 2 is 2.23 bits per heavy atom. The fourth-order valence-electron chi connectivity index (χ4n) is 3.37. The first kappa shape index (κ1) is 15.4. The van der Waals surface area contributed by atoms with Crippen molar-refractivity contribution in [1.82, 2.24) is 9.88 Å². The van der Waals surface area contributed by atoms with Crippen LogP contribution in [0.2, 0.25) is 0 Å². The van der Waals surface area contributed by atoms with Gasteiger partial charge in [0.1, 0.15) is 5.69 Å². The number of hydrogen-bond acceptors (Lipinski definition) is 4. The van der Waals surface area contributed by atoms with Gasteiger partial charge in [-0.15, -0.1) is 0 Å². The zero-order valence-corrected chi connectivity index (χ0v) is 13.4. The van der Waals surface area contributed by atoms with Gasteiger partial charge in [-0.25, -0.2) is 0 Å². The van der Waals surface area contributed by atoms with Crippen LogP contribution in [0.1, 0.15) is 42.2 Å². The summed E-state index contributed by atoms with van der Waals surface area (Å²) in [5, 5.41) is 0. The first-order valence-corrected chi connectivity index (χ1v) is 8.09. The lowest BCUT2D eigenvalue weighted by molar-refractivity contribution is -0.0408. The Kier molecular flexibility index (Phi) is 4.45. The van der Waals surface area contributed by atoms with Crippen molar-refractivity contribution in [2.24, 2.45) is 0 Å². The Balaban J connectivity index is 1.58. The van der Waals surface area contributed by atoms with Crippen molar-refractivity contribution < 1.29 is 14.3 Å². The second-order valence-corrected chi connectivity index (χ2v) is 6.29. The first-order chi connectivity index (χ1) is 10.6. The number of pyridine rings is 1. The smallest absolute Gasteiger partial charge is 0.272 e. The first-order valence-electron chi connectivity index (χ1n) is 8.09. The van der Waals surface area contributed by atoms with E-state index in [0.29, 0.717) is 12.3 Å². The molecule has 120 valence electrons. The third-order valence-corrected chi connectivity index (χ3v) is 4.67. The van der Waals surface area contributed by atoms with Gasteiger partial charge in [0.15, 0.2) is 0 Å². The molecular weight excluding hydrogens is 280 g/mol. The molecule has 3 heterocycles. The van der Waals surface area contributed by atoms with Crippen LogP contribution in [0, 0.1) is 6.92 Å². The highest BCUT2D eigenvalue weighted by Gasteiger charge is 2.43. The van der Waals surface area contributed by atoms with Crippen LogP contribution in [0.5, 0.6) is 0 Å². The standard InChI is InChI=1S/C17H24N2O3/c1-3-21-14-10-17(22-12-14)6-8-19(9-7-17)16(20)15-5-4-13(2)11-18-15/h4-5,11,14H,3,6-10,12H2,1-2H3. The van der Waals surface area contributed by atoms with Crippen molar-refractivity contribution in [3.05, 3.63) is 29.6 Å². The van der Waals surface area contributed by atoms with Gasteiger partial charge < -0.3 is 14.4 Å². The average Bonchev–Trinajstić information content (AvgIpc) is 2.91. The number of aryl methyl sites for hydroxylation is 1. The van der Waals surface area contributed by atoms with E-state index in [4.69, 9.17) is 9.47 Å².